The van der Waals surface area contributed by atoms with Crippen LogP contribution >= 0.6 is 0 Å². The second-order valence-electron chi connectivity index (χ2n) is 5.83. The summed E-state index contributed by atoms with van der Waals surface area (Å²) in [6.07, 6.45) is 5.39. The van der Waals surface area contributed by atoms with E-state index in [0.29, 0.717) is 11.5 Å². The number of halogens is 1. The quantitative estimate of drug-likeness (QED) is 0.616. The Morgan fingerprint density at radius 2 is 1.69 bits per heavy atom. The van der Waals surface area contributed by atoms with Gasteiger partial charge in [-0.1, -0.05) is 19.9 Å². The second-order valence-corrected chi connectivity index (χ2v) is 5.83. The van der Waals surface area contributed by atoms with Crippen molar-refractivity contribution in [1.82, 2.24) is 4.90 Å². The molecule has 0 aromatic rings. The lowest BCUT2D eigenvalue weighted by atomic mass is 9.80. The number of piperidine rings is 1. The molecule has 0 spiro atoms. The molecular formula is C14H26FN. The molecule has 2 aliphatic rings. The average molecular weight is 227 g/mol. The third kappa shape index (κ3) is 3.89. The van der Waals surface area contributed by atoms with Crippen LogP contribution in [0.3, 0.4) is 0 Å². The third-order valence-corrected chi connectivity index (χ3v) is 3.72. The first-order chi connectivity index (χ1) is 7.48. The van der Waals surface area contributed by atoms with Crippen molar-refractivity contribution in [3.8, 4) is 0 Å². The molecule has 0 radical (unpaired) electrons. The highest BCUT2D eigenvalue weighted by Crippen LogP contribution is 2.35. The maximum absolute atomic E-state index is 12.6. The van der Waals surface area contributed by atoms with Crippen LogP contribution in [0.5, 0.6) is 0 Å². The number of rotatable bonds is 1. The Hall–Kier alpha value is -0.370. The molecule has 1 saturated heterocycles. The average Bonchev–Trinajstić information content (AvgIpc) is 2.15. The predicted octanol–water partition coefficient (Wildman–Crippen LogP) is 3.80. The van der Waals surface area contributed by atoms with Crippen molar-refractivity contribution in [3.05, 3.63) is 12.7 Å². The molecule has 2 rings (SSSR count). The van der Waals surface area contributed by atoms with E-state index in [1.165, 1.54) is 25.9 Å². The topological polar surface area (TPSA) is 3.24 Å². The van der Waals surface area contributed by atoms with Crippen LogP contribution in [-0.4, -0.2) is 30.2 Å². The predicted molar refractivity (Wildman–Crippen MR) is 68.4 cm³/mol. The summed E-state index contributed by atoms with van der Waals surface area (Å²) in [4.78, 5) is 2.49. The van der Waals surface area contributed by atoms with Crippen molar-refractivity contribution in [3.63, 3.8) is 0 Å². The van der Waals surface area contributed by atoms with Gasteiger partial charge < -0.3 is 4.90 Å². The Morgan fingerprint density at radius 1 is 1.25 bits per heavy atom. The van der Waals surface area contributed by atoms with Crippen LogP contribution in [0.15, 0.2) is 12.7 Å². The van der Waals surface area contributed by atoms with Crippen molar-refractivity contribution in [2.45, 2.75) is 58.7 Å². The number of alkyl halides is 1. The van der Waals surface area contributed by atoms with Gasteiger partial charge in [-0.15, -0.1) is 6.58 Å². The normalized spacial score (nSPS) is 33.2. The smallest absolute Gasteiger partial charge is 0.103 e. The summed E-state index contributed by atoms with van der Waals surface area (Å²) in [6, 6.07) is 0.575. The zero-order chi connectivity index (χ0) is 12.2. The lowest BCUT2D eigenvalue weighted by Crippen LogP contribution is -2.50. The van der Waals surface area contributed by atoms with Crippen LogP contribution in [0.2, 0.25) is 0 Å². The standard InChI is InChI=1S/C11H20FN.C3H6/c1-11(2)3-5-13(6-4-11)10-7-9(12)8-10;1-3-2/h9-10H,3-8H2,1-2H3;3H,1H2,2H3. The van der Waals surface area contributed by atoms with Gasteiger partial charge in [0.05, 0.1) is 0 Å². The molecule has 94 valence electrons. The first-order valence-electron chi connectivity index (χ1n) is 6.43. The molecule has 1 heterocycles. The van der Waals surface area contributed by atoms with E-state index in [1.54, 1.807) is 6.08 Å². The molecule has 2 fully saturated rings. The maximum atomic E-state index is 12.6. The Morgan fingerprint density at radius 3 is 2.06 bits per heavy atom. The molecule has 0 atom stereocenters. The highest BCUT2D eigenvalue weighted by molar-refractivity contribution is 4.90. The molecule has 0 amide bonds. The van der Waals surface area contributed by atoms with Crippen molar-refractivity contribution < 1.29 is 4.39 Å². The van der Waals surface area contributed by atoms with Gasteiger partial charge in [-0.2, -0.15) is 0 Å². The van der Waals surface area contributed by atoms with E-state index in [4.69, 9.17) is 0 Å². The Labute approximate surface area is 99.7 Å². The highest BCUT2D eigenvalue weighted by atomic mass is 19.1. The van der Waals surface area contributed by atoms with E-state index in [0.717, 1.165) is 12.8 Å². The van der Waals surface area contributed by atoms with Gasteiger partial charge in [-0.25, -0.2) is 4.39 Å². The van der Waals surface area contributed by atoms with E-state index in [2.05, 4.69) is 25.3 Å². The first-order valence-corrected chi connectivity index (χ1v) is 6.43. The molecule has 1 aliphatic carbocycles. The summed E-state index contributed by atoms with van der Waals surface area (Å²) in [7, 11) is 0. The van der Waals surface area contributed by atoms with Crippen molar-refractivity contribution in [2.24, 2.45) is 5.41 Å². The van der Waals surface area contributed by atoms with Crippen molar-refractivity contribution in [1.29, 1.82) is 0 Å². The zero-order valence-electron chi connectivity index (χ0n) is 11.0. The molecule has 0 aromatic heterocycles. The summed E-state index contributed by atoms with van der Waals surface area (Å²) in [6.45, 7) is 12.3. The fraction of sp³-hybridized carbons (Fsp3) is 0.857. The molecule has 0 bridgehead atoms. The number of hydrogen-bond donors (Lipinski definition) is 0. The summed E-state index contributed by atoms with van der Waals surface area (Å²) < 4.78 is 12.6. The fourth-order valence-electron chi connectivity index (χ4n) is 2.31. The lowest BCUT2D eigenvalue weighted by Gasteiger charge is -2.45. The van der Waals surface area contributed by atoms with Crippen LogP contribution in [0.4, 0.5) is 4.39 Å². The second kappa shape index (κ2) is 5.81. The van der Waals surface area contributed by atoms with Gasteiger partial charge in [0.2, 0.25) is 0 Å². The molecular weight excluding hydrogens is 201 g/mol. The first kappa shape index (κ1) is 13.7. The van der Waals surface area contributed by atoms with Gasteiger partial charge in [0.25, 0.3) is 0 Å². The molecule has 16 heavy (non-hydrogen) atoms. The molecule has 1 aliphatic heterocycles. The van der Waals surface area contributed by atoms with Crippen LogP contribution in [0, 0.1) is 5.41 Å². The number of allylic oxidation sites excluding steroid dienone is 1. The summed E-state index contributed by atoms with van der Waals surface area (Å²) >= 11 is 0. The van der Waals surface area contributed by atoms with Crippen molar-refractivity contribution in [2.75, 3.05) is 13.1 Å². The highest BCUT2D eigenvalue weighted by Gasteiger charge is 2.36. The molecule has 0 aromatic carbocycles. The molecule has 1 saturated carbocycles. The fourth-order valence-corrected chi connectivity index (χ4v) is 2.31. The Bertz CT molecular complexity index is 209. The van der Waals surface area contributed by atoms with Crippen molar-refractivity contribution >= 4 is 0 Å². The van der Waals surface area contributed by atoms with E-state index >= 15 is 0 Å². The maximum Gasteiger partial charge on any atom is 0.103 e. The summed E-state index contributed by atoms with van der Waals surface area (Å²) in [5.74, 6) is 0. The molecule has 2 heteroatoms. The van der Waals surface area contributed by atoms with E-state index < -0.39 is 6.17 Å². The zero-order valence-corrected chi connectivity index (χ0v) is 11.0. The minimum absolute atomic E-state index is 0.500. The van der Waals surface area contributed by atoms with E-state index in [9.17, 15) is 4.39 Å². The van der Waals surface area contributed by atoms with Gasteiger partial charge >= 0.3 is 0 Å². The summed E-state index contributed by atoms with van der Waals surface area (Å²) in [5.41, 5.74) is 0.523. The minimum atomic E-state index is -0.500. The monoisotopic (exact) mass is 227 g/mol. The van der Waals surface area contributed by atoms with Gasteiger partial charge in [-0.3, -0.25) is 0 Å². The van der Waals surface area contributed by atoms with Crippen LogP contribution in [-0.2, 0) is 0 Å². The van der Waals surface area contributed by atoms with Crippen LogP contribution in [0.25, 0.3) is 0 Å². The molecule has 1 nitrogen and oxygen atoms in total. The van der Waals surface area contributed by atoms with Crippen LogP contribution in [0.1, 0.15) is 46.5 Å². The number of nitrogens with zero attached hydrogens (tertiary/aromatic N) is 1. The molecule has 0 N–H and O–H groups in total. The number of likely N-dealkylation sites (tertiary alicyclic amines) is 1. The summed E-state index contributed by atoms with van der Waals surface area (Å²) in [5, 5.41) is 0. The Balaban J connectivity index is 0.000000386. The Kier molecular flexibility index (Phi) is 4.97. The largest absolute Gasteiger partial charge is 0.300 e. The van der Waals surface area contributed by atoms with Gasteiger partial charge in [0, 0.05) is 6.04 Å². The number of hydrogen-bond acceptors (Lipinski definition) is 1. The minimum Gasteiger partial charge on any atom is -0.300 e. The third-order valence-electron chi connectivity index (χ3n) is 3.72. The molecule has 0 unspecified atom stereocenters. The van der Waals surface area contributed by atoms with Gasteiger partial charge in [0.15, 0.2) is 0 Å². The SMILES string of the molecule is C=CC.CC1(C)CCN(C2CC(F)C2)CC1. The van der Waals surface area contributed by atoms with Gasteiger partial charge in [-0.05, 0) is 51.1 Å². The van der Waals surface area contributed by atoms with Crippen LogP contribution < -0.4 is 0 Å². The lowest BCUT2D eigenvalue weighted by molar-refractivity contribution is 0.0167. The van der Waals surface area contributed by atoms with E-state index in [-0.39, 0.29) is 0 Å². The van der Waals surface area contributed by atoms with Gasteiger partial charge in [0.1, 0.15) is 6.17 Å². The van der Waals surface area contributed by atoms with E-state index in [1.807, 2.05) is 6.92 Å².